The van der Waals surface area contributed by atoms with Crippen molar-refractivity contribution < 1.29 is 9.47 Å². The van der Waals surface area contributed by atoms with Crippen LogP contribution < -0.4 is 10.1 Å². The van der Waals surface area contributed by atoms with Gasteiger partial charge in [-0.15, -0.1) is 0 Å². The Balaban J connectivity index is 1.53. The minimum absolute atomic E-state index is 0.373. The van der Waals surface area contributed by atoms with Crippen molar-refractivity contribution in [1.82, 2.24) is 5.32 Å². The van der Waals surface area contributed by atoms with Crippen LogP contribution >= 0.6 is 0 Å². The third kappa shape index (κ3) is 3.95. The standard InChI is InChI=1S/C16H23NO2/c1-12-3-2-4-14(9-17-15-7-8-15)16(12)19-11-18-10-13-5-6-13/h2-4,13,15,17H,5-11H2,1H3. The maximum absolute atomic E-state index is 5.84. The van der Waals surface area contributed by atoms with Crippen molar-refractivity contribution in [2.24, 2.45) is 5.92 Å². The number of benzene rings is 1. The molecule has 0 saturated heterocycles. The molecular formula is C16H23NO2. The van der Waals surface area contributed by atoms with E-state index in [-0.39, 0.29) is 0 Å². The molecule has 19 heavy (non-hydrogen) atoms. The van der Waals surface area contributed by atoms with Crippen LogP contribution in [-0.4, -0.2) is 19.4 Å². The van der Waals surface area contributed by atoms with E-state index < -0.39 is 0 Å². The molecule has 0 atom stereocenters. The Labute approximate surface area is 115 Å². The van der Waals surface area contributed by atoms with Crippen molar-refractivity contribution in [3.05, 3.63) is 29.3 Å². The average Bonchev–Trinajstić information content (AvgIpc) is 3.27. The quantitative estimate of drug-likeness (QED) is 0.576. The lowest BCUT2D eigenvalue weighted by molar-refractivity contribution is 0.00904. The van der Waals surface area contributed by atoms with Crippen LogP contribution in [0.4, 0.5) is 0 Å². The van der Waals surface area contributed by atoms with Gasteiger partial charge in [0.2, 0.25) is 0 Å². The first-order valence-corrected chi connectivity index (χ1v) is 7.35. The van der Waals surface area contributed by atoms with Crippen LogP contribution in [0.25, 0.3) is 0 Å². The fourth-order valence-corrected chi connectivity index (χ4v) is 2.20. The predicted octanol–water partition coefficient (Wildman–Crippen LogP) is 3.01. The van der Waals surface area contributed by atoms with Crippen molar-refractivity contribution >= 4 is 0 Å². The summed E-state index contributed by atoms with van der Waals surface area (Å²) >= 11 is 0. The summed E-state index contributed by atoms with van der Waals surface area (Å²) in [6, 6.07) is 7.05. The Hall–Kier alpha value is -1.06. The smallest absolute Gasteiger partial charge is 0.189 e. The van der Waals surface area contributed by atoms with Crippen LogP contribution in [0.5, 0.6) is 5.75 Å². The average molecular weight is 261 g/mol. The lowest BCUT2D eigenvalue weighted by Gasteiger charge is -2.14. The Morgan fingerprint density at radius 2 is 2.05 bits per heavy atom. The molecule has 1 N–H and O–H groups in total. The summed E-state index contributed by atoms with van der Waals surface area (Å²) in [5, 5.41) is 3.54. The van der Waals surface area contributed by atoms with Crippen molar-refractivity contribution in [2.75, 3.05) is 13.4 Å². The minimum atomic E-state index is 0.373. The van der Waals surface area contributed by atoms with Crippen molar-refractivity contribution in [3.8, 4) is 5.75 Å². The van der Waals surface area contributed by atoms with Crippen LogP contribution in [0.2, 0.25) is 0 Å². The minimum Gasteiger partial charge on any atom is -0.467 e. The molecule has 1 aromatic rings. The zero-order valence-electron chi connectivity index (χ0n) is 11.7. The van der Waals surface area contributed by atoms with E-state index in [1.54, 1.807) is 0 Å². The SMILES string of the molecule is Cc1cccc(CNC2CC2)c1OCOCC1CC1. The first kappa shape index (κ1) is 12.9. The van der Waals surface area contributed by atoms with Gasteiger partial charge in [0.05, 0.1) is 6.61 Å². The van der Waals surface area contributed by atoms with Gasteiger partial charge in [-0.05, 0) is 44.1 Å². The molecule has 0 heterocycles. The Morgan fingerprint density at radius 3 is 2.79 bits per heavy atom. The van der Waals surface area contributed by atoms with Gasteiger partial charge in [0.15, 0.2) is 6.79 Å². The maximum atomic E-state index is 5.84. The van der Waals surface area contributed by atoms with Crippen molar-refractivity contribution in [1.29, 1.82) is 0 Å². The van der Waals surface area contributed by atoms with Gasteiger partial charge < -0.3 is 14.8 Å². The highest BCUT2D eigenvalue weighted by Gasteiger charge is 2.22. The molecule has 0 amide bonds. The highest BCUT2D eigenvalue weighted by atomic mass is 16.7. The molecule has 2 fully saturated rings. The first-order chi connectivity index (χ1) is 9.33. The van der Waals surface area contributed by atoms with Crippen LogP contribution in [0, 0.1) is 12.8 Å². The van der Waals surface area contributed by atoms with E-state index in [4.69, 9.17) is 9.47 Å². The summed E-state index contributed by atoms with van der Waals surface area (Å²) in [7, 11) is 0. The summed E-state index contributed by atoms with van der Waals surface area (Å²) in [6.07, 6.45) is 5.26. The lowest BCUT2D eigenvalue weighted by atomic mass is 10.1. The fourth-order valence-electron chi connectivity index (χ4n) is 2.20. The van der Waals surface area contributed by atoms with Gasteiger partial charge in [-0.25, -0.2) is 0 Å². The normalized spacial score (nSPS) is 18.6. The molecule has 104 valence electrons. The molecule has 3 rings (SSSR count). The van der Waals surface area contributed by atoms with Gasteiger partial charge in [-0.1, -0.05) is 18.2 Å². The number of nitrogens with one attached hydrogen (secondary N) is 1. The second kappa shape index (κ2) is 5.93. The molecule has 0 radical (unpaired) electrons. The van der Waals surface area contributed by atoms with Gasteiger partial charge in [-0.2, -0.15) is 0 Å². The lowest BCUT2D eigenvalue weighted by Crippen LogP contribution is -2.17. The molecule has 2 aliphatic rings. The van der Waals surface area contributed by atoms with E-state index in [1.807, 2.05) is 0 Å². The third-order valence-corrected chi connectivity index (χ3v) is 3.79. The van der Waals surface area contributed by atoms with E-state index in [9.17, 15) is 0 Å². The fraction of sp³-hybridized carbons (Fsp3) is 0.625. The van der Waals surface area contributed by atoms with E-state index in [1.165, 1.54) is 36.8 Å². The molecule has 2 aliphatic carbocycles. The van der Waals surface area contributed by atoms with E-state index in [0.29, 0.717) is 6.79 Å². The van der Waals surface area contributed by atoms with Gasteiger partial charge in [0.25, 0.3) is 0 Å². The first-order valence-electron chi connectivity index (χ1n) is 7.35. The van der Waals surface area contributed by atoms with Crippen LogP contribution in [0.3, 0.4) is 0 Å². The number of aryl methyl sites for hydroxylation is 1. The highest BCUT2D eigenvalue weighted by Crippen LogP contribution is 2.29. The van der Waals surface area contributed by atoms with E-state index in [0.717, 1.165) is 30.9 Å². The van der Waals surface area contributed by atoms with Crippen molar-refractivity contribution in [3.63, 3.8) is 0 Å². The second-order valence-corrected chi connectivity index (χ2v) is 5.79. The molecule has 3 nitrogen and oxygen atoms in total. The maximum Gasteiger partial charge on any atom is 0.189 e. The molecule has 0 spiro atoms. The van der Waals surface area contributed by atoms with Gasteiger partial charge in [0.1, 0.15) is 5.75 Å². The summed E-state index contributed by atoms with van der Waals surface area (Å²) in [6.45, 7) is 4.21. The molecule has 0 bridgehead atoms. The van der Waals surface area contributed by atoms with Crippen LogP contribution in [0.1, 0.15) is 36.8 Å². The Kier molecular flexibility index (Phi) is 4.04. The molecule has 2 saturated carbocycles. The number of rotatable bonds is 8. The van der Waals surface area contributed by atoms with Gasteiger partial charge in [0, 0.05) is 18.2 Å². The van der Waals surface area contributed by atoms with Crippen LogP contribution in [0.15, 0.2) is 18.2 Å². The number of ether oxygens (including phenoxy) is 2. The van der Waals surface area contributed by atoms with Gasteiger partial charge >= 0.3 is 0 Å². The molecule has 3 heteroatoms. The second-order valence-electron chi connectivity index (χ2n) is 5.79. The third-order valence-electron chi connectivity index (χ3n) is 3.79. The highest BCUT2D eigenvalue weighted by molar-refractivity contribution is 5.40. The largest absolute Gasteiger partial charge is 0.467 e. The molecule has 0 unspecified atom stereocenters. The summed E-state index contributed by atoms with van der Waals surface area (Å²) < 4.78 is 11.4. The Morgan fingerprint density at radius 1 is 1.21 bits per heavy atom. The Bertz CT molecular complexity index is 425. The summed E-state index contributed by atoms with van der Waals surface area (Å²) in [5.74, 6) is 1.78. The topological polar surface area (TPSA) is 30.5 Å². The predicted molar refractivity (Wildman–Crippen MR) is 75.2 cm³/mol. The summed E-state index contributed by atoms with van der Waals surface area (Å²) in [5.41, 5.74) is 2.42. The zero-order valence-corrected chi connectivity index (χ0v) is 11.7. The molecule has 1 aromatic carbocycles. The number of hydrogen-bond donors (Lipinski definition) is 1. The molecule has 0 aliphatic heterocycles. The molecular weight excluding hydrogens is 238 g/mol. The van der Waals surface area contributed by atoms with E-state index in [2.05, 4.69) is 30.4 Å². The molecule has 0 aromatic heterocycles. The monoisotopic (exact) mass is 261 g/mol. The zero-order chi connectivity index (χ0) is 13.1. The number of hydrogen-bond acceptors (Lipinski definition) is 3. The van der Waals surface area contributed by atoms with Crippen molar-refractivity contribution in [2.45, 2.75) is 45.2 Å². The van der Waals surface area contributed by atoms with Crippen LogP contribution in [-0.2, 0) is 11.3 Å². The summed E-state index contributed by atoms with van der Waals surface area (Å²) in [4.78, 5) is 0. The number of para-hydroxylation sites is 1. The van der Waals surface area contributed by atoms with Gasteiger partial charge in [-0.3, -0.25) is 0 Å². The van der Waals surface area contributed by atoms with E-state index >= 15 is 0 Å².